The van der Waals surface area contributed by atoms with Gasteiger partial charge in [-0.3, -0.25) is 0 Å². The topological polar surface area (TPSA) is 26.3 Å². The molecule has 9 aromatic carbocycles. The summed E-state index contributed by atoms with van der Waals surface area (Å²) in [7, 11) is 0. The fourth-order valence-electron chi connectivity index (χ4n) is 7.73. The molecular formula is C48H28O2. The van der Waals surface area contributed by atoms with E-state index in [1.807, 2.05) is 97.1 Å². The van der Waals surface area contributed by atoms with Crippen LogP contribution < -0.4 is 0 Å². The zero-order valence-electron chi connectivity index (χ0n) is 34.4. The van der Waals surface area contributed by atoms with Crippen LogP contribution in [0, 0.1) is 0 Å². The number of furan rings is 2. The summed E-state index contributed by atoms with van der Waals surface area (Å²) in [5, 5.41) is 6.30. The molecule has 50 heavy (non-hydrogen) atoms. The van der Waals surface area contributed by atoms with Crippen molar-refractivity contribution in [3.63, 3.8) is 0 Å². The summed E-state index contributed by atoms with van der Waals surface area (Å²) in [6, 6.07) is 35.8. The molecule has 2 heteroatoms. The minimum atomic E-state index is -0.449. The third-order valence-corrected chi connectivity index (χ3v) is 9.91. The summed E-state index contributed by atoms with van der Waals surface area (Å²) in [5.41, 5.74) is 6.12. The molecular weight excluding hydrogens is 609 g/mol. The lowest BCUT2D eigenvalue weighted by molar-refractivity contribution is 0.663. The van der Waals surface area contributed by atoms with Gasteiger partial charge in [0.25, 0.3) is 0 Å². The summed E-state index contributed by atoms with van der Waals surface area (Å²) in [5.74, 6) is 0. The molecule has 0 spiro atoms. The van der Waals surface area contributed by atoms with Crippen molar-refractivity contribution >= 4 is 76.2 Å². The summed E-state index contributed by atoms with van der Waals surface area (Å²) < 4.78 is 85.4. The lowest BCUT2D eigenvalue weighted by atomic mass is 9.85. The fourth-order valence-corrected chi connectivity index (χ4v) is 7.73. The molecule has 0 amide bonds. The first-order chi connectivity index (χ1) is 28.1. The second-order valence-electron chi connectivity index (χ2n) is 12.6. The van der Waals surface area contributed by atoms with Crippen LogP contribution in [0.15, 0.2) is 179 Å². The van der Waals surface area contributed by atoms with Crippen LogP contribution in [0.4, 0.5) is 0 Å². The van der Waals surface area contributed by atoms with Crippen LogP contribution in [-0.2, 0) is 0 Å². The highest BCUT2D eigenvalue weighted by Gasteiger charge is 2.20. The molecule has 0 aliphatic heterocycles. The van der Waals surface area contributed by atoms with Gasteiger partial charge in [0.1, 0.15) is 22.3 Å². The van der Waals surface area contributed by atoms with Crippen LogP contribution in [-0.4, -0.2) is 0 Å². The Morgan fingerprint density at radius 3 is 1.58 bits per heavy atom. The number of benzene rings is 9. The van der Waals surface area contributed by atoms with E-state index in [0.717, 1.165) is 49.0 Å². The van der Waals surface area contributed by atoms with Crippen LogP contribution in [0.5, 0.6) is 0 Å². The van der Waals surface area contributed by atoms with Gasteiger partial charge in [0.05, 0.1) is 11.0 Å². The molecule has 0 bridgehead atoms. The molecule has 2 nitrogen and oxygen atoms in total. The molecule has 0 fully saturated rings. The number of rotatable bonds is 3. The second-order valence-corrected chi connectivity index (χ2v) is 12.6. The molecule has 0 atom stereocenters. The Morgan fingerprint density at radius 2 is 0.880 bits per heavy atom. The summed E-state index contributed by atoms with van der Waals surface area (Å²) >= 11 is 0. The Hall–Kier alpha value is -6.64. The quantitative estimate of drug-likeness (QED) is 0.179. The average molecular weight is 645 g/mol. The standard InChI is InChI=1S/C48H28O2/c1-2-12-33-29(10-1)11-9-18-34(33)30-20-22-31(23-21-30)45-35-13-3-5-15-37(35)46(38-16-6-4-14-36(38)45)32-24-25-40-44(28-32)50-43-27-26-42-47(48(40)43)39-17-7-8-19-41(39)49-42/h1-28H/i3D,4D,5D,6D,13D,14D,15D,16D. The van der Waals surface area contributed by atoms with E-state index < -0.39 is 24.2 Å². The van der Waals surface area contributed by atoms with Crippen molar-refractivity contribution in [2.24, 2.45) is 0 Å². The molecule has 0 unspecified atom stereocenters. The lowest BCUT2D eigenvalue weighted by Gasteiger charge is -2.18. The van der Waals surface area contributed by atoms with E-state index in [0.29, 0.717) is 33.4 Å². The van der Waals surface area contributed by atoms with Crippen LogP contribution in [0.1, 0.15) is 11.0 Å². The maximum absolute atomic E-state index is 9.38. The molecule has 2 aromatic heterocycles. The van der Waals surface area contributed by atoms with E-state index in [-0.39, 0.29) is 51.3 Å². The molecule has 11 rings (SSSR count). The Kier molecular flexibility index (Phi) is 4.31. The Morgan fingerprint density at radius 1 is 0.360 bits per heavy atom. The van der Waals surface area contributed by atoms with Crippen LogP contribution in [0.2, 0.25) is 0 Å². The van der Waals surface area contributed by atoms with Gasteiger partial charge in [-0.1, -0.05) is 139 Å². The smallest absolute Gasteiger partial charge is 0.136 e. The van der Waals surface area contributed by atoms with E-state index in [1.54, 1.807) is 6.07 Å². The Labute approximate surface area is 298 Å². The fraction of sp³-hybridized carbons (Fsp3) is 0. The number of para-hydroxylation sites is 1. The predicted molar refractivity (Wildman–Crippen MR) is 210 cm³/mol. The Bertz CT molecular complexity index is 3520. The molecule has 0 N–H and O–H groups in total. The average Bonchev–Trinajstić information content (AvgIpc) is 3.82. The molecule has 232 valence electrons. The molecule has 11 aromatic rings. The van der Waals surface area contributed by atoms with Crippen LogP contribution in [0.3, 0.4) is 0 Å². The minimum Gasteiger partial charge on any atom is -0.456 e. The van der Waals surface area contributed by atoms with Crippen LogP contribution >= 0.6 is 0 Å². The first-order valence-electron chi connectivity index (χ1n) is 20.4. The van der Waals surface area contributed by atoms with Gasteiger partial charge < -0.3 is 8.83 Å². The third-order valence-electron chi connectivity index (χ3n) is 9.91. The monoisotopic (exact) mass is 644 g/mol. The number of hydrogen-bond acceptors (Lipinski definition) is 2. The molecule has 0 radical (unpaired) electrons. The highest BCUT2D eigenvalue weighted by atomic mass is 16.3. The van der Waals surface area contributed by atoms with E-state index in [1.165, 1.54) is 0 Å². The lowest BCUT2D eigenvalue weighted by Crippen LogP contribution is -1.91. The van der Waals surface area contributed by atoms with E-state index in [2.05, 4.69) is 18.2 Å². The zero-order valence-corrected chi connectivity index (χ0v) is 26.4. The maximum atomic E-state index is 9.38. The molecule has 0 saturated carbocycles. The molecule has 0 aliphatic rings. The van der Waals surface area contributed by atoms with E-state index in [9.17, 15) is 5.48 Å². The SMILES string of the molecule is [2H]c1c([2H])c([2H])c2c(-c3ccc4c(c3)oc3ccc5oc6ccccc6c5c34)c3c([2H])c([2H])c([2H])c([2H])c3c(-c3ccc(-c4cccc5ccccc45)cc3)c2c1[2H]. The van der Waals surface area contributed by atoms with Gasteiger partial charge in [0.2, 0.25) is 0 Å². The highest BCUT2D eigenvalue weighted by Crippen LogP contribution is 2.46. The first kappa shape index (κ1) is 20.7. The first-order valence-corrected chi connectivity index (χ1v) is 16.4. The highest BCUT2D eigenvalue weighted by molar-refractivity contribution is 6.27. The van der Waals surface area contributed by atoms with E-state index >= 15 is 0 Å². The summed E-state index contributed by atoms with van der Waals surface area (Å²) in [4.78, 5) is 0. The van der Waals surface area contributed by atoms with Crippen molar-refractivity contribution in [3.8, 4) is 33.4 Å². The Balaban J connectivity index is 1.24. The molecule has 2 heterocycles. The number of fused-ring (bicyclic) bond motifs is 10. The van der Waals surface area contributed by atoms with Crippen molar-refractivity contribution in [2.75, 3.05) is 0 Å². The summed E-state index contributed by atoms with van der Waals surface area (Å²) in [6.45, 7) is 0. The largest absolute Gasteiger partial charge is 0.456 e. The molecule has 0 aliphatic carbocycles. The van der Waals surface area contributed by atoms with Crippen molar-refractivity contribution < 1.29 is 19.8 Å². The zero-order chi connectivity index (χ0) is 39.7. The van der Waals surface area contributed by atoms with Gasteiger partial charge in [-0.2, -0.15) is 0 Å². The van der Waals surface area contributed by atoms with Crippen molar-refractivity contribution in [3.05, 3.63) is 170 Å². The molecule has 0 saturated heterocycles. The van der Waals surface area contributed by atoms with Crippen molar-refractivity contribution in [1.82, 2.24) is 0 Å². The van der Waals surface area contributed by atoms with Gasteiger partial charge in [0, 0.05) is 21.5 Å². The maximum Gasteiger partial charge on any atom is 0.136 e. The van der Waals surface area contributed by atoms with Gasteiger partial charge in [-0.15, -0.1) is 0 Å². The summed E-state index contributed by atoms with van der Waals surface area (Å²) in [6.07, 6.45) is 0. The van der Waals surface area contributed by atoms with Crippen LogP contribution in [0.25, 0.3) is 110 Å². The van der Waals surface area contributed by atoms with Crippen molar-refractivity contribution in [1.29, 1.82) is 0 Å². The number of hydrogen-bond donors (Lipinski definition) is 0. The van der Waals surface area contributed by atoms with Gasteiger partial charge in [-0.25, -0.2) is 0 Å². The van der Waals surface area contributed by atoms with Gasteiger partial charge >= 0.3 is 0 Å². The second kappa shape index (κ2) is 10.4. The van der Waals surface area contributed by atoms with Crippen molar-refractivity contribution in [2.45, 2.75) is 0 Å². The normalized spacial score (nSPS) is 14.2. The minimum absolute atomic E-state index is 0.148. The van der Waals surface area contributed by atoms with E-state index in [4.69, 9.17) is 14.3 Å². The third kappa shape index (κ3) is 3.90. The van der Waals surface area contributed by atoms with Gasteiger partial charge in [-0.05, 0) is 96.0 Å². The van der Waals surface area contributed by atoms with Gasteiger partial charge in [0.15, 0.2) is 0 Å². The predicted octanol–water partition coefficient (Wildman–Crippen LogP) is 13.9.